The van der Waals surface area contributed by atoms with Crippen LogP contribution in [0.3, 0.4) is 0 Å². The fourth-order valence-corrected chi connectivity index (χ4v) is 3.71. The van der Waals surface area contributed by atoms with Crippen LogP contribution in [0.2, 0.25) is 5.02 Å². The number of rotatable bonds is 7. The molecule has 2 heterocycles. The van der Waals surface area contributed by atoms with Crippen molar-refractivity contribution in [1.29, 1.82) is 0 Å². The number of ether oxygens (including phenoxy) is 3. The predicted octanol–water partition coefficient (Wildman–Crippen LogP) is 3.23. The average molecular weight is 525 g/mol. The standard InChI is InChI=1S/C23H26ClFN4O7/c1-12(2)36-19-6-5-13(9-26-19)20(30)27-28-21(31)15-7-17(25)18(8-16(15)24)34-10-14-11-35-23(3,4)29(14)22(32)33/h5-9,12,14H,10-11H2,1-4H3,(H,27,30)(H,28,31)(H,32,33). The molecule has 3 rings (SSSR count). The van der Waals surface area contributed by atoms with E-state index in [9.17, 15) is 23.9 Å². The van der Waals surface area contributed by atoms with Gasteiger partial charge in [0, 0.05) is 18.3 Å². The molecular formula is C23H26ClFN4O7. The molecule has 1 atom stereocenters. The minimum atomic E-state index is -1.20. The first kappa shape index (κ1) is 27.0. The van der Waals surface area contributed by atoms with Gasteiger partial charge in [-0.3, -0.25) is 25.3 Å². The highest BCUT2D eigenvalue weighted by molar-refractivity contribution is 6.34. The van der Waals surface area contributed by atoms with Crippen LogP contribution >= 0.6 is 11.6 Å². The molecule has 3 N–H and O–H groups in total. The maximum Gasteiger partial charge on any atom is 0.410 e. The Bertz CT molecular complexity index is 1140. The molecular weight excluding hydrogens is 499 g/mol. The smallest absolute Gasteiger partial charge is 0.410 e. The lowest BCUT2D eigenvalue weighted by molar-refractivity contribution is -0.0430. The first-order valence-corrected chi connectivity index (χ1v) is 11.3. The number of aromatic nitrogens is 1. The predicted molar refractivity (Wildman–Crippen MR) is 126 cm³/mol. The van der Waals surface area contributed by atoms with Crippen LogP contribution in [0, 0.1) is 5.82 Å². The SMILES string of the molecule is CC(C)Oc1ccc(C(=O)NNC(=O)c2cc(F)c(OCC3COC(C)(C)N3C(=O)O)cc2Cl)cn1. The molecule has 2 aromatic rings. The number of carbonyl (C=O) groups excluding carboxylic acids is 2. The largest absolute Gasteiger partial charge is 0.488 e. The zero-order chi connectivity index (χ0) is 26.6. The second kappa shape index (κ2) is 11.0. The summed E-state index contributed by atoms with van der Waals surface area (Å²) in [6.07, 6.45) is -0.00374. The molecule has 0 radical (unpaired) electrons. The van der Waals surface area contributed by atoms with Gasteiger partial charge in [-0.2, -0.15) is 0 Å². The fraction of sp³-hybridized carbons (Fsp3) is 0.391. The molecule has 11 nitrogen and oxygen atoms in total. The summed E-state index contributed by atoms with van der Waals surface area (Å²) >= 11 is 6.13. The van der Waals surface area contributed by atoms with Gasteiger partial charge >= 0.3 is 6.09 Å². The summed E-state index contributed by atoms with van der Waals surface area (Å²) in [6, 6.07) is 4.25. The Morgan fingerprint density at radius 3 is 2.58 bits per heavy atom. The summed E-state index contributed by atoms with van der Waals surface area (Å²) in [5.41, 5.74) is 3.20. The van der Waals surface area contributed by atoms with Gasteiger partial charge < -0.3 is 19.3 Å². The maximum atomic E-state index is 14.6. The van der Waals surface area contributed by atoms with Crippen molar-refractivity contribution in [3.63, 3.8) is 0 Å². The molecule has 0 saturated carbocycles. The van der Waals surface area contributed by atoms with E-state index in [0.717, 1.165) is 17.0 Å². The van der Waals surface area contributed by atoms with E-state index in [-0.39, 0.29) is 41.2 Å². The molecule has 0 aliphatic carbocycles. The van der Waals surface area contributed by atoms with Crippen LogP contribution in [0.1, 0.15) is 48.4 Å². The minimum absolute atomic E-state index is 0.0673. The number of halogens is 2. The van der Waals surface area contributed by atoms with Crippen molar-refractivity contribution >= 4 is 29.5 Å². The molecule has 1 aromatic carbocycles. The van der Waals surface area contributed by atoms with Crippen molar-refractivity contribution in [3.05, 3.63) is 52.4 Å². The fourth-order valence-electron chi connectivity index (χ4n) is 3.47. The van der Waals surface area contributed by atoms with Crippen molar-refractivity contribution in [2.45, 2.75) is 45.6 Å². The van der Waals surface area contributed by atoms with Crippen molar-refractivity contribution in [2.75, 3.05) is 13.2 Å². The van der Waals surface area contributed by atoms with Gasteiger partial charge in [-0.15, -0.1) is 0 Å². The Balaban J connectivity index is 1.60. The van der Waals surface area contributed by atoms with Crippen LogP contribution in [0.5, 0.6) is 11.6 Å². The van der Waals surface area contributed by atoms with Gasteiger partial charge in [0.1, 0.15) is 12.3 Å². The van der Waals surface area contributed by atoms with Crippen LogP contribution in [0.15, 0.2) is 30.5 Å². The van der Waals surface area contributed by atoms with Crippen molar-refractivity contribution < 1.29 is 38.1 Å². The molecule has 3 amide bonds. The third-order valence-electron chi connectivity index (χ3n) is 5.12. The second-order valence-corrected chi connectivity index (χ2v) is 9.00. The third kappa shape index (κ3) is 6.32. The van der Waals surface area contributed by atoms with Crippen molar-refractivity contribution in [3.8, 4) is 11.6 Å². The van der Waals surface area contributed by atoms with Gasteiger partial charge in [-0.25, -0.2) is 14.2 Å². The summed E-state index contributed by atoms with van der Waals surface area (Å²) in [6.45, 7) is 6.73. The number of hydrogen-bond acceptors (Lipinski definition) is 7. The summed E-state index contributed by atoms with van der Waals surface area (Å²) in [4.78, 5) is 41.3. The number of pyridine rings is 1. The highest BCUT2D eigenvalue weighted by Crippen LogP contribution is 2.30. The Labute approximate surface area is 211 Å². The number of amides is 3. The van der Waals surface area contributed by atoms with Crippen LogP contribution in [0.25, 0.3) is 0 Å². The number of benzene rings is 1. The van der Waals surface area contributed by atoms with Crippen LogP contribution in [-0.2, 0) is 4.74 Å². The van der Waals surface area contributed by atoms with Crippen molar-refractivity contribution in [2.24, 2.45) is 0 Å². The Morgan fingerprint density at radius 1 is 1.28 bits per heavy atom. The van der Waals surface area contributed by atoms with Crippen molar-refractivity contribution in [1.82, 2.24) is 20.7 Å². The monoisotopic (exact) mass is 524 g/mol. The van der Waals surface area contributed by atoms with Crippen LogP contribution in [0.4, 0.5) is 9.18 Å². The molecule has 0 bridgehead atoms. The maximum absolute atomic E-state index is 14.6. The number of carboxylic acid groups (broad SMARTS) is 1. The molecule has 1 fully saturated rings. The van der Waals surface area contributed by atoms with Crippen LogP contribution in [-0.4, -0.2) is 64.0 Å². The number of hydrogen-bond donors (Lipinski definition) is 3. The molecule has 13 heteroatoms. The normalized spacial score (nSPS) is 16.5. The van der Waals surface area contributed by atoms with Gasteiger partial charge in [-0.05, 0) is 39.8 Å². The zero-order valence-electron chi connectivity index (χ0n) is 20.0. The van der Waals surface area contributed by atoms with E-state index >= 15 is 0 Å². The molecule has 1 aromatic heterocycles. The van der Waals surface area contributed by atoms with E-state index in [4.69, 9.17) is 25.8 Å². The molecule has 1 unspecified atom stereocenters. The first-order chi connectivity index (χ1) is 16.9. The quantitative estimate of drug-likeness (QED) is 0.469. The van der Waals surface area contributed by atoms with Gasteiger partial charge in [0.05, 0.1) is 34.9 Å². The number of hydrazine groups is 1. The molecule has 1 saturated heterocycles. The molecule has 1 aliphatic rings. The Morgan fingerprint density at radius 2 is 1.97 bits per heavy atom. The number of nitrogens with zero attached hydrogens (tertiary/aromatic N) is 2. The van der Waals surface area contributed by atoms with E-state index < -0.39 is 35.5 Å². The first-order valence-electron chi connectivity index (χ1n) is 10.9. The van der Waals surface area contributed by atoms with E-state index in [1.54, 1.807) is 13.8 Å². The lowest BCUT2D eigenvalue weighted by Gasteiger charge is -2.30. The Kier molecular flexibility index (Phi) is 8.21. The summed E-state index contributed by atoms with van der Waals surface area (Å²) in [5, 5.41) is 9.28. The van der Waals surface area contributed by atoms with E-state index in [1.807, 2.05) is 13.8 Å². The van der Waals surface area contributed by atoms with E-state index in [1.165, 1.54) is 18.3 Å². The van der Waals surface area contributed by atoms with Crippen LogP contribution < -0.4 is 20.3 Å². The van der Waals surface area contributed by atoms with Gasteiger partial charge in [0.25, 0.3) is 11.8 Å². The Hall–Kier alpha value is -3.64. The minimum Gasteiger partial charge on any atom is -0.488 e. The van der Waals surface area contributed by atoms with Gasteiger partial charge in [0.2, 0.25) is 5.88 Å². The number of carbonyl (C=O) groups is 3. The van der Waals surface area contributed by atoms with E-state index in [2.05, 4.69) is 15.8 Å². The molecule has 0 spiro atoms. The topological polar surface area (TPSA) is 139 Å². The summed E-state index contributed by atoms with van der Waals surface area (Å²) < 4.78 is 30.9. The molecule has 36 heavy (non-hydrogen) atoms. The highest BCUT2D eigenvalue weighted by Gasteiger charge is 2.44. The highest BCUT2D eigenvalue weighted by atomic mass is 35.5. The third-order valence-corrected chi connectivity index (χ3v) is 5.43. The van der Waals surface area contributed by atoms with E-state index in [0.29, 0.717) is 5.88 Å². The average Bonchev–Trinajstić information content (AvgIpc) is 3.11. The zero-order valence-corrected chi connectivity index (χ0v) is 20.8. The lowest BCUT2D eigenvalue weighted by atomic mass is 10.2. The molecule has 194 valence electrons. The summed E-state index contributed by atoms with van der Waals surface area (Å²) in [5.74, 6) is -2.36. The van der Waals surface area contributed by atoms with Gasteiger partial charge in [-0.1, -0.05) is 11.6 Å². The summed E-state index contributed by atoms with van der Waals surface area (Å²) in [7, 11) is 0. The molecule has 1 aliphatic heterocycles. The van der Waals surface area contributed by atoms with Gasteiger partial charge in [0.15, 0.2) is 11.6 Å². The second-order valence-electron chi connectivity index (χ2n) is 8.60. The lowest BCUT2D eigenvalue weighted by Crippen LogP contribution is -2.49. The number of nitrogens with one attached hydrogen (secondary N) is 2.